The van der Waals surface area contributed by atoms with Crippen LogP contribution in [0.15, 0.2) is 24.8 Å². The Morgan fingerprint density at radius 2 is 2.14 bits per heavy atom. The first kappa shape index (κ1) is 10.7. The van der Waals surface area contributed by atoms with Crippen LogP contribution in [0, 0.1) is 11.6 Å². The van der Waals surface area contributed by atoms with Crippen molar-refractivity contribution >= 4 is 0 Å². The summed E-state index contributed by atoms with van der Waals surface area (Å²) in [6.07, 6.45) is 0.0200. The van der Waals surface area contributed by atoms with Gasteiger partial charge in [-0.2, -0.15) is 0 Å². The van der Waals surface area contributed by atoms with E-state index in [0.29, 0.717) is 6.07 Å². The molecule has 14 heavy (non-hydrogen) atoms. The van der Waals surface area contributed by atoms with Gasteiger partial charge < -0.3 is 9.84 Å². The number of hydrogen-bond donors (Lipinski definition) is 1. The van der Waals surface area contributed by atoms with Crippen LogP contribution in [-0.4, -0.2) is 12.2 Å². The summed E-state index contributed by atoms with van der Waals surface area (Å²) in [4.78, 5) is 0. The Bertz CT molecular complexity index is 350. The van der Waals surface area contributed by atoms with Crippen LogP contribution < -0.4 is 4.74 Å². The van der Waals surface area contributed by atoms with E-state index >= 15 is 0 Å². The second-order valence-electron chi connectivity index (χ2n) is 2.69. The molecular weight excluding hydrogens is 190 g/mol. The monoisotopic (exact) mass is 200 g/mol. The molecule has 0 aliphatic rings. The van der Waals surface area contributed by atoms with Gasteiger partial charge in [0.25, 0.3) is 0 Å². The molecule has 0 aromatic heterocycles. The molecule has 4 heteroatoms. The molecule has 1 aromatic carbocycles. The summed E-state index contributed by atoms with van der Waals surface area (Å²) in [5, 5.41) is 9.36. The molecule has 76 valence electrons. The third kappa shape index (κ3) is 1.90. The normalized spacial score (nSPS) is 12.3. The summed E-state index contributed by atoms with van der Waals surface area (Å²) in [6, 6.07) is 1.70. The molecule has 1 atom stereocenters. The van der Waals surface area contributed by atoms with E-state index in [1.54, 1.807) is 0 Å². The molecule has 0 radical (unpaired) electrons. The van der Waals surface area contributed by atoms with Gasteiger partial charge >= 0.3 is 0 Å². The van der Waals surface area contributed by atoms with Gasteiger partial charge in [0.2, 0.25) is 0 Å². The lowest BCUT2D eigenvalue weighted by Gasteiger charge is -2.12. The van der Waals surface area contributed by atoms with Gasteiger partial charge in [0.1, 0.15) is 11.9 Å². The zero-order valence-corrected chi connectivity index (χ0v) is 7.63. The van der Waals surface area contributed by atoms with Crippen molar-refractivity contribution in [2.45, 2.75) is 6.10 Å². The summed E-state index contributed by atoms with van der Waals surface area (Å²) in [5.74, 6) is -1.78. The van der Waals surface area contributed by atoms with E-state index in [0.717, 1.165) is 12.1 Å². The van der Waals surface area contributed by atoms with Crippen molar-refractivity contribution in [3.8, 4) is 5.75 Å². The van der Waals surface area contributed by atoms with Crippen LogP contribution in [0.3, 0.4) is 0 Å². The molecule has 0 saturated heterocycles. The number of ether oxygens (including phenoxy) is 1. The van der Waals surface area contributed by atoms with Crippen molar-refractivity contribution in [1.29, 1.82) is 0 Å². The Morgan fingerprint density at radius 3 is 2.64 bits per heavy atom. The molecule has 0 aliphatic carbocycles. The highest BCUT2D eigenvalue weighted by Gasteiger charge is 2.16. The molecule has 0 fully saturated rings. The number of benzene rings is 1. The van der Waals surface area contributed by atoms with E-state index < -0.39 is 17.7 Å². The molecular formula is C10H10F2O2. The molecule has 1 unspecified atom stereocenters. The van der Waals surface area contributed by atoms with E-state index in [1.165, 1.54) is 7.11 Å². The summed E-state index contributed by atoms with van der Waals surface area (Å²) in [7, 11) is 1.25. The Labute approximate surface area is 80.4 Å². The standard InChI is InChI=1S/C10H10F2O2/c1-3-9(13)7-4-6(11)5-8(12)10(7)14-2/h3-5,9,13H,1H2,2H3. The van der Waals surface area contributed by atoms with E-state index in [4.69, 9.17) is 4.74 Å². The van der Waals surface area contributed by atoms with E-state index in [1.807, 2.05) is 0 Å². The molecule has 2 nitrogen and oxygen atoms in total. The predicted molar refractivity (Wildman–Crippen MR) is 48.1 cm³/mol. The number of halogens is 2. The van der Waals surface area contributed by atoms with E-state index in [9.17, 15) is 13.9 Å². The third-order valence-corrected chi connectivity index (χ3v) is 1.78. The first-order valence-electron chi connectivity index (χ1n) is 3.93. The maximum absolute atomic E-state index is 13.1. The third-order valence-electron chi connectivity index (χ3n) is 1.78. The fraction of sp³-hybridized carbons (Fsp3) is 0.200. The fourth-order valence-electron chi connectivity index (χ4n) is 1.14. The van der Waals surface area contributed by atoms with E-state index in [-0.39, 0.29) is 11.3 Å². The highest BCUT2D eigenvalue weighted by Crippen LogP contribution is 2.29. The molecule has 0 saturated carbocycles. The van der Waals surface area contributed by atoms with Crippen molar-refractivity contribution in [2.24, 2.45) is 0 Å². The van der Waals surface area contributed by atoms with Crippen molar-refractivity contribution in [2.75, 3.05) is 7.11 Å². The first-order chi connectivity index (χ1) is 6.60. The quantitative estimate of drug-likeness (QED) is 0.758. The van der Waals surface area contributed by atoms with Gasteiger partial charge in [0.15, 0.2) is 11.6 Å². The lowest BCUT2D eigenvalue weighted by molar-refractivity contribution is 0.220. The fourth-order valence-corrected chi connectivity index (χ4v) is 1.14. The first-order valence-corrected chi connectivity index (χ1v) is 3.93. The second-order valence-corrected chi connectivity index (χ2v) is 2.69. The molecule has 1 N–H and O–H groups in total. The van der Waals surface area contributed by atoms with Gasteiger partial charge in [-0.3, -0.25) is 0 Å². The van der Waals surface area contributed by atoms with Crippen LogP contribution in [-0.2, 0) is 0 Å². The molecule has 0 spiro atoms. The zero-order valence-electron chi connectivity index (χ0n) is 7.63. The van der Waals surface area contributed by atoms with Crippen LogP contribution in [0.25, 0.3) is 0 Å². The predicted octanol–water partition coefficient (Wildman–Crippen LogP) is 2.19. The van der Waals surface area contributed by atoms with Gasteiger partial charge in [-0.25, -0.2) is 8.78 Å². The Morgan fingerprint density at radius 1 is 1.50 bits per heavy atom. The van der Waals surface area contributed by atoms with Crippen molar-refractivity contribution in [3.05, 3.63) is 42.0 Å². The summed E-state index contributed by atoms with van der Waals surface area (Å²) in [5.41, 5.74) is 0.0278. The Kier molecular flexibility index (Phi) is 3.19. The zero-order chi connectivity index (χ0) is 10.7. The highest BCUT2D eigenvalue weighted by atomic mass is 19.1. The molecule has 1 aromatic rings. The van der Waals surface area contributed by atoms with Crippen LogP contribution in [0.2, 0.25) is 0 Å². The summed E-state index contributed by atoms with van der Waals surface area (Å²) in [6.45, 7) is 3.32. The van der Waals surface area contributed by atoms with Crippen molar-refractivity contribution in [1.82, 2.24) is 0 Å². The van der Waals surface area contributed by atoms with Gasteiger partial charge in [-0.05, 0) is 6.07 Å². The lowest BCUT2D eigenvalue weighted by atomic mass is 10.1. The maximum Gasteiger partial charge on any atom is 0.168 e. The number of aliphatic hydroxyl groups excluding tert-OH is 1. The number of aliphatic hydroxyl groups is 1. The average molecular weight is 200 g/mol. The largest absolute Gasteiger partial charge is 0.493 e. The minimum atomic E-state index is -1.14. The highest BCUT2D eigenvalue weighted by molar-refractivity contribution is 5.38. The summed E-state index contributed by atoms with van der Waals surface area (Å²) < 4.78 is 30.6. The minimum Gasteiger partial charge on any atom is -0.493 e. The van der Waals surface area contributed by atoms with Crippen LogP contribution in [0.5, 0.6) is 5.75 Å². The molecule has 0 heterocycles. The molecule has 1 rings (SSSR count). The number of rotatable bonds is 3. The topological polar surface area (TPSA) is 29.5 Å². The minimum absolute atomic E-state index is 0.0278. The Hall–Kier alpha value is -1.42. The molecule has 0 amide bonds. The average Bonchev–Trinajstić information content (AvgIpc) is 2.15. The Balaban J connectivity index is 3.31. The number of hydrogen-bond acceptors (Lipinski definition) is 2. The van der Waals surface area contributed by atoms with Crippen LogP contribution >= 0.6 is 0 Å². The second kappa shape index (κ2) is 4.19. The number of methoxy groups -OCH3 is 1. The smallest absolute Gasteiger partial charge is 0.168 e. The molecule has 0 bridgehead atoms. The van der Waals surface area contributed by atoms with Gasteiger partial charge in [-0.1, -0.05) is 6.08 Å². The summed E-state index contributed by atoms with van der Waals surface area (Å²) >= 11 is 0. The SMILES string of the molecule is C=CC(O)c1cc(F)cc(F)c1OC. The van der Waals surface area contributed by atoms with Gasteiger partial charge in [0, 0.05) is 11.6 Å². The lowest BCUT2D eigenvalue weighted by Crippen LogP contribution is -2.01. The van der Waals surface area contributed by atoms with Gasteiger partial charge in [-0.15, -0.1) is 6.58 Å². The van der Waals surface area contributed by atoms with Crippen LogP contribution in [0.4, 0.5) is 8.78 Å². The van der Waals surface area contributed by atoms with Crippen LogP contribution in [0.1, 0.15) is 11.7 Å². The van der Waals surface area contributed by atoms with Crippen molar-refractivity contribution < 1.29 is 18.6 Å². The van der Waals surface area contributed by atoms with E-state index in [2.05, 4.69) is 6.58 Å². The maximum atomic E-state index is 13.1. The van der Waals surface area contributed by atoms with Crippen molar-refractivity contribution in [3.63, 3.8) is 0 Å². The molecule has 0 aliphatic heterocycles. The van der Waals surface area contributed by atoms with Gasteiger partial charge in [0.05, 0.1) is 7.11 Å².